The Bertz CT molecular complexity index is 865. The molecule has 154 valence electrons. The molecule has 2 aromatic rings. The van der Waals surface area contributed by atoms with E-state index in [2.05, 4.69) is 4.98 Å². The first-order chi connectivity index (χ1) is 14.0. The van der Waals surface area contributed by atoms with Crippen LogP contribution in [0.4, 0.5) is 0 Å². The molecular weight excluding hydrogens is 388 g/mol. The molecule has 1 atom stereocenters. The van der Waals surface area contributed by atoms with Gasteiger partial charge in [0.25, 0.3) is 0 Å². The van der Waals surface area contributed by atoms with Crippen molar-refractivity contribution in [3.05, 3.63) is 58.7 Å². The molecule has 6 heteroatoms. The Morgan fingerprint density at radius 1 is 1.31 bits per heavy atom. The second-order valence-corrected chi connectivity index (χ2v) is 8.56. The van der Waals surface area contributed by atoms with Crippen LogP contribution in [0.3, 0.4) is 0 Å². The number of rotatable bonds is 4. The minimum absolute atomic E-state index is 0.103. The van der Waals surface area contributed by atoms with Crippen LogP contribution in [0.1, 0.15) is 36.8 Å². The fourth-order valence-electron chi connectivity index (χ4n) is 4.27. The molecule has 2 aliphatic rings. The first-order valence-corrected chi connectivity index (χ1v) is 10.6. The highest BCUT2D eigenvalue weighted by molar-refractivity contribution is 6.30. The zero-order valence-electron chi connectivity index (χ0n) is 16.8. The number of benzene rings is 1. The topological polar surface area (TPSA) is 51.7 Å². The van der Waals surface area contributed by atoms with Crippen molar-refractivity contribution in [2.45, 2.75) is 50.7 Å². The highest BCUT2D eigenvalue weighted by Crippen LogP contribution is 2.36. The van der Waals surface area contributed by atoms with Gasteiger partial charge in [0.2, 0.25) is 11.8 Å². The van der Waals surface area contributed by atoms with E-state index in [0.717, 1.165) is 49.9 Å². The number of hydrogen-bond donors (Lipinski definition) is 0. The molecule has 0 N–H and O–H groups in total. The Morgan fingerprint density at radius 3 is 2.90 bits per heavy atom. The number of amides is 1. The van der Waals surface area contributed by atoms with Gasteiger partial charge in [-0.2, -0.15) is 0 Å². The van der Waals surface area contributed by atoms with Crippen molar-refractivity contribution in [2.24, 2.45) is 0 Å². The largest absolute Gasteiger partial charge is 0.474 e. The molecule has 2 fully saturated rings. The van der Waals surface area contributed by atoms with E-state index in [4.69, 9.17) is 21.1 Å². The van der Waals surface area contributed by atoms with Crippen LogP contribution in [0.25, 0.3) is 0 Å². The second kappa shape index (κ2) is 8.72. The summed E-state index contributed by atoms with van der Waals surface area (Å²) in [5.74, 6) is 0.830. The van der Waals surface area contributed by atoms with Crippen molar-refractivity contribution in [2.75, 3.05) is 19.7 Å². The number of carbonyl (C=O) groups excluding carboxylic acids is 1. The summed E-state index contributed by atoms with van der Waals surface area (Å²) in [6.45, 7) is 4.16. The minimum Gasteiger partial charge on any atom is -0.474 e. The predicted octanol–water partition coefficient (Wildman–Crippen LogP) is 4.21. The van der Waals surface area contributed by atoms with E-state index in [-0.39, 0.29) is 17.6 Å². The fourth-order valence-corrected chi connectivity index (χ4v) is 4.49. The zero-order chi connectivity index (χ0) is 20.3. The molecule has 29 heavy (non-hydrogen) atoms. The Hall–Kier alpha value is -2.11. The van der Waals surface area contributed by atoms with E-state index in [1.807, 2.05) is 48.2 Å². The van der Waals surface area contributed by atoms with Crippen molar-refractivity contribution in [3.63, 3.8) is 0 Å². The van der Waals surface area contributed by atoms with Gasteiger partial charge in [-0.1, -0.05) is 23.7 Å². The molecule has 0 radical (unpaired) electrons. The van der Waals surface area contributed by atoms with Crippen molar-refractivity contribution in [3.8, 4) is 5.88 Å². The summed E-state index contributed by atoms with van der Waals surface area (Å²) in [6.07, 6.45) is 5.67. The maximum atomic E-state index is 12.7. The Morgan fingerprint density at radius 2 is 2.14 bits per heavy atom. The summed E-state index contributed by atoms with van der Waals surface area (Å²) < 4.78 is 12.3. The van der Waals surface area contributed by atoms with Crippen molar-refractivity contribution < 1.29 is 14.3 Å². The molecule has 1 unspecified atom stereocenters. The lowest BCUT2D eigenvalue weighted by Gasteiger charge is -2.46. The molecule has 1 spiro atoms. The van der Waals surface area contributed by atoms with E-state index in [9.17, 15) is 4.79 Å². The molecule has 1 amide bonds. The van der Waals surface area contributed by atoms with Crippen LogP contribution in [-0.4, -0.2) is 47.2 Å². The molecule has 0 bridgehead atoms. The summed E-state index contributed by atoms with van der Waals surface area (Å²) in [5, 5.41) is 0.664. The maximum absolute atomic E-state index is 12.7. The van der Waals surface area contributed by atoms with Gasteiger partial charge in [-0.3, -0.25) is 4.79 Å². The van der Waals surface area contributed by atoms with E-state index in [1.165, 1.54) is 0 Å². The Balaban J connectivity index is 1.32. The maximum Gasteiger partial charge on any atom is 0.226 e. The van der Waals surface area contributed by atoms with E-state index >= 15 is 0 Å². The third-order valence-electron chi connectivity index (χ3n) is 5.90. The lowest BCUT2D eigenvalue weighted by molar-refractivity contribution is -0.151. The van der Waals surface area contributed by atoms with Crippen LogP contribution in [0.5, 0.6) is 5.88 Å². The van der Waals surface area contributed by atoms with Crippen LogP contribution in [0, 0.1) is 6.92 Å². The van der Waals surface area contributed by atoms with Gasteiger partial charge in [-0.15, -0.1) is 0 Å². The molecule has 3 heterocycles. The summed E-state index contributed by atoms with van der Waals surface area (Å²) >= 11 is 6.03. The first kappa shape index (κ1) is 20.2. The fraction of sp³-hybridized carbons (Fsp3) is 0.478. The number of likely N-dealkylation sites (tertiary alicyclic amines) is 1. The molecule has 0 saturated carbocycles. The lowest BCUT2D eigenvalue weighted by Crippen LogP contribution is -2.52. The van der Waals surface area contributed by atoms with E-state index in [1.54, 1.807) is 6.20 Å². The van der Waals surface area contributed by atoms with Crippen LogP contribution in [-0.2, 0) is 16.0 Å². The average Bonchev–Trinajstić information content (AvgIpc) is 2.69. The standard InChI is InChI=1S/C23H27ClN2O3/c1-17-5-9-25-21(13-17)29-20-6-12-28-23(16-20)7-10-26(11-8-23)22(27)15-18-3-2-4-19(24)14-18/h2-5,9,13-14,20H,6-8,10-12,15-16H2,1H3. The third-order valence-corrected chi connectivity index (χ3v) is 6.13. The van der Waals surface area contributed by atoms with Gasteiger partial charge in [0.15, 0.2) is 0 Å². The third kappa shape index (κ3) is 5.09. The number of piperidine rings is 1. The van der Waals surface area contributed by atoms with E-state index < -0.39 is 0 Å². The molecule has 4 rings (SSSR count). The molecular formula is C23H27ClN2O3. The van der Waals surface area contributed by atoms with Crippen LogP contribution >= 0.6 is 11.6 Å². The summed E-state index contributed by atoms with van der Waals surface area (Å²) in [7, 11) is 0. The van der Waals surface area contributed by atoms with E-state index in [0.29, 0.717) is 23.9 Å². The number of aryl methyl sites for hydroxylation is 1. The number of hydrogen-bond acceptors (Lipinski definition) is 4. The Labute approximate surface area is 177 Å². The SMILES string of the molecule is Cc1ccnc(OC2CCOC3(CCN(C(=O)Cc4cccc(Cl)c4)CC3)C2)c1. The molecule has 1 aromatic carbocycles. The average molecular weight is 415 g/mol. The number of carbonyl (C=O) groups is 1. The predicted molar refractivity (Wildman–Crippen MR) is 112 cm³/mol. The summed E-state index contributed by atoms with van der Waals surface area (Å²) in [4.78, 5) is 19.0. The zero-order valence-corrected chi connectivity index (χ0v) is 17.5. The highest BCUT2D eigenvalue weighted by atomic mass is 35.5. The highest BCUT2D eigenvalue weighted by Gasteiger charge is 2.42. The van der Waals surface area contributed by atoms with Gasteiger partial charge < -0.3 is 14.4 Å². The smallest absolute Gasteiger partial charge is 0.226 e. The van der Waals surface area contributed by atoms with Gasteiger partial charge in [0.1, 0.15) is 6.10 Å². The number of pyridine rings is 1. The lowest BCUT2D eigenvalue weighted by atomic mass is 9.83. The Kier molecular flexibility index (Phi) is 6.07. The van der Waals surface area contributed by atoms with Crippen molar-refractivity contribution >= 4 is 17.5 Å². The number of aromatic nitrogens is 1. The first-order valence-electron chi connectivity index (χ1n) is 10.3. The molecule has 2 aliphatic heterocycles. The normalized spacial score (nSPS) is 21.2. The van der Waals surface area contributed by atoms with Gasteiger partial charge in [0, 0.05) is 43.2 Å². The molecule has 2 saturated heterocycles. The second-order valence-electron chi connectivity index (χ2n) is 8.12. The van der Waals surface area contributed by atoms with Crippen molar-refractivity contribution in [1.29, 1.82) is 0 Å². The number of ether oxygens (including phenoxy) is 2. The van der Waals surface area contributed by atoms with Gasteiger partial charge in [-0.05, 0) is 49.1 Å². The summed E-state index contributed by atoms with van der Waals surface area (Å²) in [6, 6.07) is 11.4. The van der Waals surface area contributed by atoms with Crippen LogP contribution in [0.2, 0.25) is 5.02 Å². The van der Waals surface area contributed by atoms with Crippen LogP contribution < -0.4 is 4.74 Å². The molecule has 5 nitrogen and oxygen atoms in total. The van der Waals surface area contributed by atoms with Gasteiger partial charge >= 0.3 is 0 Å². The molecule has 0 aliphatic carbocycles. The minimum atomic E-state index is -0.195. The molecule has 1 aromatic heterocycles. The van der Waals surface area contributed by atoms with Gasteiger partial charge in [-0.25, -0.2) is 4.98 Å². The quantitative estimate of drug-likeness (QED) is 0.752. The number of nitrogens with zero attached hydrogens (tertiary/aromatic N) is 2. The monoisotopic (exact) mass is 414 g/mol. The van der Waals surface area contributed by atoms with Crippen molar-refractivity contribution in [1.82, 2.24) is 9.88 Å². The number of halogens is 1. The summed E-state index contributed by atoms with van der Waals surface area (Å²) in [5.41, 5.74) is 1.90. The van der Waals surface area contributed by atoms with Gasteiger partial charge in [0.05, 0.1) is 18.6 Å². The van der Waals surface area contributed by atoms with Crippen LogP contribution in [0.15, 0.2) is 42.6 Å².